The maximum atomic E-state index is 3.55. The maximum absolute atomic E-state index is 3.55. The van der Waals surface area contributed by atoms with Gasteiger partial charge >= 0.3 is 0 Å². The lowest BCUT2D eigenvalue weighted by Crippen LogP contribution is -2.50. The second kappa shape index (κ2) is 7.67. The highest BCUT2D eigenvalue weighted by atomic mass is 35.5. The molecule has 1 fully saturated rings. The van der Waals surface area contributed by atoms with E-state index in [4.69, 9.17) is 0 Å². The van der Waals surface area contributed by atoms with Crippen LogP contribution in [0.15, 0.2) is 48.5 Å². The Kier molecular flexibility index (Phi) is 6.10. The topological polar surface area (TPSA) is 15.3 Å². The van der Waals surface area contributed by atoms with Crippen molar-refractivity contribution in [1.82, 2.24) is 10.2 Å². The first kappa shape index (κ1) is 18.3. The zero-order valence-electron chi connectivity index (χ0n) is 13.4. The van der Waals surface area contributed by atoms with E-state index >= 15 is 0 Å². The minimum atomic E-state index is 0. The smallest absolute Gasteiger partial charge is 0.0476 e. The number of piperazine rings is 1. The van der Waals surface area contributed by atoms with Crippen molar-refractivity contribution < 1.29 is 0 Å². The molecule has 0 aromatic heterocycles. The predicted octanol–water partition coefficient (Wildman–Crippen LogP) is 3.93. The summed E-state index contributed by atoms with van der Waals surface area (Å²) in [5.74, 6) is 0.510. The molecular formula is C19H24Cl2N2. The average Bonchev–Trinajstić information content (AvgIpc) is 2.55. The van der Waals surface area contributed by atoms with Gasteiger partial charge in [0.05, 0.1) is 0 Å². The molecule has 2 aliphatic heterocycles. The zero-order valence-corrected chi connectivity index (χ0v) is 15.0. The van der Waals surface area contributed by atoms with Crippen LogP contribution in [0.2, 0.25) is 0 Å². The van der Waals surface area contributed by atoms with Gasteiger partial charge < -0.3 is 5.32 Å². The number of halogens is 2. The summed E-state index contributed by atoms with van der Waals surface area (Å²) in [6.07, 6.45) is 0. The lowest BCUT2D eigenvalue weighted by molar-refractivity contribution is 0.143. The summed E-state index contributed by atoms with van der Waals surface area (Å²) in [5, 5.41) is 3.55. The molecule has 0 saturated carbocycles. The van der Waals surface area contributed by atoms with E-state index in [2.05, 4.69) is 65.7 Å². The number of fused-ring (bicyclic) bond motifs is 3. The van der Waals surface area contributed by atoms with E-state index in [0.717, 1.165) is 26.2 Å². The second-order valence-electron chi connectivity index (χ2n) is 6.31. The highest BCUT2D eigenvalue weighted by Gasteiger charge is 2.34. The summed E-state index contributed by atoms with van der Waals surface area (Å²) in [6.45, 7) is 6.65. The molecule has 0 spiro atoms. The minimum absolute atomic E-state index is 0. The number of aryl methyl sites for hydroxylation is 1. The molecule has 2 atom stereocenters. The number of nitrogens with one attached hydrogen (secondary N) is 1. The fraction of sp³-hybridized carbons (Fsp3) is 0.368. The van der Waals surface area contributed by atoms with Crippen LogP contribution in [0.25, 0.3) is 0 Å². The van der Waals surface area contributed by atoms with Crippen molar-refractivity contribution in [3.05, 3.63) is 70.8 Å². The van der Waals surface area contributed by atoms with Gasteiger partial charge in [-0.1, -0.05) is 54.1 Å². The van der Waals surface area contributed by atoms with Crippen molar-refractivity contribution in [2.75, 3.05) is 26.2 Å². The number of hydrogen-bond acceptors (Lipinski definition) is 2. The van der Waals surface area contributed by atoms with Gasteiger partial charge in [-0.05, 0) is 23.6 Å². The Morgan fingerprint density at radius 3 is 2.39 bits per heavy atom. The first-order valence-corrected chi connectivity index (χ1v) is 7.93. The normalized spacial score (nSPS) is 23.0. The second-order valence-corrected chi connectivity index (χ2v) is 6.31. The van der Waals surface area contributed by atoms with Gasteiger partial charge in [-0.3, -0.25) is 4.90 Å². The summed E-state index contributed by atoms with van der Waals surface area (Å²) >= 11 is 0. The summed E-state index contributed by atoms with van der Waals surface area (Å²) < 4.78 is 0. The van der Waals surface area contributed by atoms with E-state index in [-0.39, 0.29) is 24.8 Å². The first-order chi connectivity index (χ1) is 10.3. The van der Waals surface area contributed by atoms with Crippen molar-refractivity contribution >= 4 is 24.8 Å². The fourth-order valence-corrected chi connectivity index (χ4v) is 3.82. The molecule has 2 aromatic carbocycles. The lowest BCUT2D eigenvalue weighted by atomic mass is 9.80. The van der Waals surface area contributed by atoms with Crippen LogP contribution >= 0.6 is 24.8 Å². The Morgan fingerprint density at radius 1 is 0.957 bits per heavy atom. The Hall–Kier alpha value is -1.06. The SMILES string of the molecule is Cc1ccc([C@@H]2CN3CCNC[C@@H]3c3ccccc32)cc1.Cl.Cl. The van der Waals surface area contributed by atoms with Gasteiger partial charge in [-0.2, -0.15) is 0 Å². The molecule has 2 aliphatic rings. The number of nitrogens with zero attached hydrogens (tertiary/aromatic N) is 1. The third-order valence-corrected chi connectivity index (χ3v) is 4.98. The quantitative estimate of drug-likeness (QED) is 0.838. The molecule has 1 N–H and O–H groups in total. The summed E-state index contributed by atoms with van der Waals surface area (Å²) in [4.78, 5) is 2.66. The zero-order chi connectivity index (χ0) is 14.2. The molecule has 2 nitrogen and oxygen atoms in total. The molecule has 1 saturated heterocycles. The van der Waals surface area contributed by atoms with Crippen LogP contribution in [0.5, 0.6) is 0 Å². The fourth-order valence-electron chi connectivity index (χ4n) is 3.82. The third-order valence-electron chi connectivity index (χ3n) is 4.98. The number of hydrogen-bond donors (Lipinski definition) is 1. The van der Waals surface area contributed by atoms with Crippen LogP contribution in [0.1, 0.15) is 34.2 Å². The van der Waals surface area contributed by atoms with Gasteiger partial charge in [0.1, 0.15) is 0 Å². The monoisotopic (exact) mass is 350 g/mol. The summed E-state index contributed by atoms with van der Waals surface area (Å²) in [5.41, 5.74) is 5.82. The Bertz CT molecular complexity index is 642. The lowest BCUT2D eigenvalue weighted by Gasteiger charge is -2.44. The third kappa shape index (κ3) is 3.41. The van der Waals surface area contributed by atoms with Crippen LogP contribution in [0, 0.1) is 6.92 Å². The van der Waals surface area contributed by atoms with E-state index in [0.29, 0.717) is 12.0 Å². The van der Waals surface area contributed by atoms with E-state index in [9.17, 15) is 0 Å². The van der Waals surface area contributed by atoms with E-state index < -0.39 is 0 Å². The van der Waals surface area contributed by atoms with Crippen molar-refractivity contribution in [3.63, 3.8) is 0 Å². The van der Waals surface area contributed by atoms with Crippen LogP contribution in [0.3, 0.4) is 0 Å². The molecule has 0 amide bonds. The van der Waals surface area contributed by atoms with Crippen LogP contribution in [0.4, 0.5) is 0 Å². The number of benzene rings is 2. The van der Waals surface area contributed by atoms with Gasteiger partial charge in [0.15, 0.2) is 0 Å². The molecule has 0 aliphatic carbocycles. The predicted molar refractivity (Wildman–Crippen MR) is 101 cm³/mol. The highest BCUT2D eigenvalue weighted by molar-refractivity contribution is 5.85. The van der Waals surface area contributed by atoms with Crippen molar-refractivity contribution in [2.24, 2.45) is 0 Å². The van der Waals surface area contributed by atoms with Gasteiger partial charge in [0.25, 0.3) is 0 Å². The highest BCUT2D eigenvalue weighted by Crippen LogP contribution is 2.39. The molecule has 4 heteroatoms. The van der Waals surface area contributed by atoms with Crippen LogP contribution < -0.4 is 5.32 Å². The van der Waals surface area contributed by atoms with Crippen LogP contribution in [-0.4, -0.2) is 31.1 Å². The standard InChI is InChI=1S/C19H22N2.2ClH/c1-14-6-8-15(9-7-14)18-13-21-11-10-20-12-19(21)17-5-3-2-4-16(17)18;;/h2-9,18-20H,10-13H2,1H3;2*1H/t18-,19+;;/m0../s1. The van der Waals surface area contributed by atoms with E-state index in [1.54, 1.807) is 0 Å². The molecule has 2 aromatic rings. The number of rotatable bonds is 1. The Morgan fingerprint density at radius 2 is 1.65 bits per heavy atom. The van der Waals surface area contributed by atoms with Crippen molar-refractivity contribution in [2.45, 2.75) is 18.9 Å². The first-order valence-electron chi connectivity index (χ1n) is 7.93. The Labute approximate surface area is 151 Å². The molecule has 124 valence electrons. The van der Waals surface area contributed by atoms with Crippen LogP contribution in [-0.2, 0) is 0 Å². The van der Waals surface area contributed by atoms with Gasteiger partial charge in [-0.25, -0.2) is 0 Å². The summed E-state index contributed by atoms with van der Waals surface area (Å²) in [7, 11) is 0. The minimum Gasteiger partial charge on any atom is -0.314 e. The van der Waals surface area contributed by atoms with E-state index in [1.165, 1.54) is 22.3 Å². The average molecular weight is 351 g/mol. The van der Waals surface area contributed by atoms with Gasteiger partial charge in [0.2, 0.25) is 0 Å². The molecular weight excluding hydrogens is 327 g/mol. The van der Waals surface area contributed by atoms with Gasteiger partial charge in [0, 0.05) is 38.1 Å². The van der Waals surface area contributed by atoms with Crippen molar-refractivity contribution in [3.8, 4) is 0 Å². The van der Waals surface area contributed by atoms with Gasteiger partial charge in [-0.15, -0.1) is 24.8 Å². The molecule has 0 unspecified atom stereocenters. The maximum Gasteiger partial charge on any atom is 0.0476 e. The molecule has 23 heavy (non-hydrogen) atoms. The summed E-state index contributed by atoms with van der Waals surface area (Å²) in [6, 6.07) is 18.7. The molecule has 0 radical (unpaired) electrons. The largest absolute Gasteiger partial charge is 0.314 e. The molecule has 2 heterocycles. The molecule has 0 bridgehead atoms. The van der Waals surface area contributed by atoms with E-state index in [1.807, 2.05) is 0 Å². The molecule has 4 rings (SSSR count). The van der Waals surface area contributed by atoms with Crippen molar-refractivity contribution in [1.29, 1.82) is 0 Å². The Balaban J connectivity index is 0.000000960.